The molecular formula is C18H17N5O5S2. The molecule has 3 rings (SSSR count). The number of hydrogen-bond donors (Lipinski definition) is 1. The topological polar surface area (TPSA) is 135 Å². The number of nitro benzene ring substituents is 1. The molecule has 12 heteroatoms. The summed E-state index contributed by atoms with van der Waals surface area (Å²) in [6.07, 6.45) is 0.925. The molecule has 0 spiro atoms. The van der Waals surface area contributed by atoms with E-state index in [4.69, 9.17) is 0 Å². The van der Waals surface area contributed by atoms with Gasteiger partial charge in [0.15, 0.2) is 0 Å². The Morgan fingerprint density at radius 3 is 2.50 bits per heavy atom. The Labute approximate surface area is 176 Å². The van der Waals surface area contributed by atoms with E-state index in [2.05, 4.69) is 15.5 Å². The predicted octanol–water partition coefficient (Wildman–Crippen LogP) is 2.91. The van der Waals surface area contributed by atoms with E-state index in [1.807, 2.05) is 30.3 Å². The van der Waals surface area contributed by atoms with Crippen molar-refractivity contribution in [2.24, 2.45) is 0 Å². The second-order valence-electron chi connectivity index (χ2n) is 6.28. The lowest BCUT2D eigenvalue weighted by Gasteiger charge is -2.27. The monoisotopic (exact) mass is 447 g/mol. The maximum absolute atomic E-state index is 12.7. The summed E-state index contributed by atoms with van der Waals surface area (Å²) in [5.41, 5.74) is 0.555. The van der Waals surface area contributed by atoms with E-state index in [-0.39, 0.29) is 16.5 Å². The number of nitrogens with zero attached hydrogens (tertiary/aromatic N) is 4. The van der Waals surface area contributed by atoms with Crippen molar-refractivity contribution in [3.8, 4) is 10.6 Å². The SMILES string of the molecule is CC(C(=O)Nc1nnc(-c2ccccc2)s1)N(c1cccc([N+](=O)[O-])c1)S(C)(=O)=O. The van der Waals surface area contributed by atoms with Crippen LogP contribution in [-0.4, -0.2) is 41.7 Å². The van der Waals surface area contributed by atoms with Gasteiger partial charge in [-0.15, -0.1) is 10.2 Å². The summed E-state index contributed by atoms with van der Waals surface area (Å²) in [7, 11) is -3.92. The average Bonchev–Trinajstić information content (AvgIpc) is 3.16. The molecule has 1 amide bonds. The van der Waals surface area contributed by atoms with Gasteiger partial charge in [-0.1, -0.05) is 47.7 Å². The number of hydrogen-bond acceptors (Lipinski definition) is 8. The fourth-order valence-electron chi connectivity index (χ4n) is 2.73. The van der Waals surface area contributed by atoms with Gasteiger partial charge in [0.1, 0.15) is 11.0 Å². The Morgan fingerprint density at radius 1 is 1.17 bits per heavy atom. The van der Waals surface area contributed by atoms with Crippen LogP contribution >= 0.6 is 11.3 Å². The first-order valence-corrected chi connectivity index (χ1v) is 11.3. The van der Waals surface area contributed by atoms with Crippen LogP contribution in [0.4, 0.5) is 16.5 Å². The number of amides is 1. The first-order chi connectivity index (χ1) is 14.2. The van der Waals surface area contributed by atoms with Gasteiger partial charge in [-0.2, -0.15) is 0 Å². The highest BCUT2D eigenvalue weighted by Crippen LogP contribution is 2.28. The summed E-state index contributed by atoms with van der Waals surface area (Å²) < 4.78 is 25.5. The van der Waals surface area contributed by atoms with Crippen LogP contribution in [0, 0.1) is 10.1 Å². The molecular weight excluding hydrogens is 430 g/mol. The van der Waals surface area contributed by atoms with Crippen LogP contribution < -0.4 is 9.62 Å². The Hall–Kier alpha value is -3.38. The van der Waals surface area contributed by atoms with Gasteiger partial charge in [-0.25, -0.2) is 8.42 Å². The molecule has 0 aliphatic heterocycles. The number of benzene rings is 2. The number of sulfonamides is 1. The molecule has 0 bridgehead atoms. The van der Waals surface area contributed by atoms with Gasteiger partial charge >= 0.3 is 0 Å². The summed E-state index contributed by atoms with van der Waals surface area (Å²) in [5, 5.41) is 22.3. The van der Waals surface area contributed by atoms with Crippen molar-refractivity contribution < 1.29 is 18.1 Å². The molecule has 0 saturated heterocycles. The Balaban J connectivity index is 1.84. The van der Waals surface area contributed by atoms with E-state index in [1.54, 1.807) is 0 Å². The third-order valence-electron chi connectivity index (χ3n) is 4.06. The predicted molar refractivity (Wildman–Crippen MR) is 114 cm³/mol. The van der Waals surface area contributed by atoms with Crippen molar-refractivity contribution >= 4 is 43.8 Å². The number of carbonyl (C=O) groups excluding carboxylic acids is 1. The summed E-state index contributed by atoms with van der Waals surface area (Å²) in [6, 6.07) is 13.1. The first-order valence-electron chi connectivity index (χ1n) is 8.60. The lowest BCUT2D eigenvalue weighted by molar-refractivity contribution is -0.384. The second-order valence-corrected chi connectivity index (χ2v) is 9.12. The molecule has 1 unspecified atom stereocenters. The quantitative estimate of drug-likeness (QED) is 0.434. The molecule has 1 aromatic heterocycles. The smallest absolute Gasteiger partial charge is 0.271 e. The highest BCUT2D eigenvalue weighted by Gasteiger charge is 2.30. The molecule has 156 valence electrons. The van der Waals surface area contributed by atoms with E-state index >= 15 is 0 Å². The molecule has 0 radical (unpaired) electrons. The third-order valence-corrected chi connectivity index (χ3v) is 6.19. The molecule has 0 saturated carbocycles. The summed E-state index contributed by atoms with van der Waals surface area (Å²) >= 11 is 1.14. The number of anilines is 2. The number of nitrogens with one attached hydrogen (secondary N) is 1. The van der Waals surface area contributed by atoms with Gasteiger partial charge in [0.05, 0.1) is 16.9 Å². The minimum absolute atomic E-state index is 0.0107. The van der Waals surface area contributed by atoms with E-state index in [0.29, 0.717) is 5.01 Å². The Bertz CT molecular complexity index is 1180. The maximum Gasteiger partial charge on any atom is 0.271 e. The van der Waals surface area contributed by atoms with Crippen LogP contribution in [0.3, 0.4) is 0 Å². The fraction of sp³-hybridized carbons (Fsp3) is 0.167. The highest BCUT2D eigenvalue weighted by molar-refractivity contribution is 7.92. The molecule has 1 N–H and O–H groups in total. The fourth-order valence-corrected chi connectivity index (χ4v) is 4.65. The van der Waals surface area contributed by atoms with Crippen molar-refractivity contribution in [1.82, 2.24) is 10.2 Å². The van der Waals surface area contributed by atoms with E-state index in [9.17, 15) is 23.3 Å². The van der Waals surface area contributed by atoms with Crippen molar-refractivity contribution in [3.63, 3.8) is 0 Å². The van der Waals surface area contributed by atoms with Crippen LogP contribution in [0.25, 0.3) is 10.6 Å². The second kappa shape index (κ2) is 8.55. The van der Waals surface area contributed by atoms with Gasteiger partial charge in [-0.05, 0) is 13.0 Å². The molecule has 1 heterocycles. The van der Waals surface area contributed by atoms with Crippen LogP contribution in [-0.2, 0) is 14.8 Å². The minimum Gasteiger partial charge on any atom is -0.299 e. The first kappa shape index (κ1) is 21.3. The van der Waals surface area contributed by atoms with Gasteiger partial charge in [-0.3, -0.25) is 24.5 Å². The Kier molecular flexibility index (Phi) is 6.08. The molecule has 10 nitrogen and oxygen atoms in total. The third kappa shape index (κ3) is 4.78. The van der Waals surface area contributed by atoms with Crippen LogP contribution in [0.1, 0.15) is 6.92 Å². The molecule has 3 aromatic rings. The Morgan fingerprint density at radius 2 is 1.87 bits per heavy atom. The van der Waals surface area contributed by atoms with Gasteiger partial charge in [0, 0.05) is 17.7 Å². The number of rotatable bonds is 7. The molecule has 2 aromatic carbocycles. The number of non-ortho nitro benzene ring substituents is 1. The van der Waals surface area contributed by atoms with E-state index in [0.717, 1.165) is 33.5 Å². The van der Waals surface area contributed by atoms with Crippen molar-refractivity contribution in [3.05, 3.63) is 64.7 Å². The highest BCUT2D eigenvalue weighted by atomic mass is 32.2. The summed E-state index contributed by atoms with van der Waals surface area (Å²) in [4.78, 5) is 23.1. The summed E-state index contributed by atoms with van der Waals surface area (Å²) in [5.74, 6) is -0.650. The molecule has 0 aliphatic carbocycles. The lowest BCUT2D eigenvalue weighted by Crippen LogP contribution is -2.45. The van der Waals surface area contributed by atoms with Crippen LogP contribution in [0.5, 0.6) is 0 Å². The molecule has 0 fully saturated rings. The lowest BCUT2D eigenvalue weighted by atomic mass is 10.2. The average molecular weight is 447 g/mol. The number of carbonyl (C=O) groups is 1. The molecule has 30 heavy (non-hydrogen) atoms. The number of nitro groups is 1. The minimum atomic E-state index is -3.92. The van der Waals surface area contributed by atoms with Crippen molar-refractivity contribution in [2.45, 2.75) is 13.0 Å². The van der Waals surface area contributed by atoms with Gasteiger partial charge in [0.25, 0.3) is 5.69 Å². The normalized spacial score (nSPS) is 12.2. The van der Waals surface area contributed by atoms with E-state index in [1.165, 1.54) is 25.1 Å². The van der Waals surface area contributed by atoms with Crippen LogP contribution in [0.2, 0.25) is 0 Å². The zero-order valence-corrected chi connectivity index (χ0v) is 17.6. The van der Waals surface area contributed by atoms with Gasteiger partial charge < -0.3 is 0 Å². The standard InChI is InChI=1S/C18H17N5O5S2/c1-12(22(30(2,27)28)14-9-6-10-15(11-14)23(25)26)16(24)19-18-21-20-17(29-18)13-7-4-3-5-8-13/h3-12H,1-2H3,(H,19,21,24). The molecule has 0 aliphatic rings. The zero-order valence-electron chi connectivity index (χ0n) is 15.9. The van der Waals surface area contributed by atoms with Gasteiger partial charge in [0.2, 0.25) is 21.1 Å². The number of aromatic nitrogens is 2. The van der Waals surface area contributed by atoms with Crippen LogP contribution in [0.15, 0.2) is 54.6 Å². The zero-order chi connectivity index (χ0) is 21.9. The maximum atomic E-state index is 12.7. The van der Waals surface area contributed by atoms with E-state index < -0.39 is 26.9 Å². The molecule has 1 atom stereocenters. The van der Waals surface area contributed by atoms with Crippen molar-refractivity contribution in [2.75, 3.05) is 15.9 Å². The van der Waals surface area contributed by atoms with Crippen molar-refractivity contribution in [1.29, 1.82) is 0 Å². The largest absolute Gasteiger partial charge is 0.299 e. The summed E-state index contributed by atoms with van der Waals surface area (Å²) in [6.45, 7) is 1.38.